The van der Waals surface area contributed by atoms with Crippen molar-refractivity contribution in [3.63, 3.8) is 0 Å². The summed E-state index contributed by atoms with van der Waals surface area (Å²) in [6.45, 7) is 8.01. The fraction of sp³-hybridized carbons (Fsp3) is 0.391. The molecule has 2 aromatic rings. The van der Waals surface area contributed by atoms with Crippen molar-refractivity contribution in [1.82, 2.24) is 0 Å². The van der Waals surface area contributed by atoms with Gasteiger partial charge >= 0.3 is 0 Å². The van der Waals surface area contributed by atoms with Crippen LogP contribution in [0.1, 0.15) is 62.6 Å². The van der Waals surface area contributed by atoms with E-state index in [1.165, 1.54) is 36.2 Å². The van der Waals surface area contributed by atoms with Gasteiger partial charge in [-0.05, 0) is 66.5 Å². The number of benzene rings is 2. The van der Waals surface area contributed by atoms with E-state index in [0.29, 0.717) is 5.92 Å². The van der Waals surface area contributed by atoms with Gasteiger partial charge in [0, 0.05) is 17.9 Å². The molecule has 0 aliphatic carbocycles. The molecule has 1 unspecified atom stereocenters. The van der Waals surface area contributed by atoms with Gasteiger partial charge in [-0.15, -0.1) is 0 Å². The maximum Gasteiger partial charge on any atom is 0.0408 e. The average Bonchev–Trinajstić information content (AvgIpc) is 2.62. The van der Waals surface area contributed by atoms with Crippen molar-refractivity contribution in [2.24, 2.45) is 0 Å². The van der Waals surface area contributed by atoms with Crippen LogP contribution in [0.25, 0.3) is 6.08 Å². The molecular formula is C23H29N. The van der Waals surface area contributed by atoms with Gasteiger partial charge in [-0.25, -0.2) is 0 Å². The van der Waals surface area contributed by atoms with E-state index in [4.69, 9.17) is 0 Å². The Balaban J connectivity index is 2.05. The van der Waals surface area contributed by atoms with Crippen LogP contribution in [0.4, 0.5) is 5.69 Å². The van der Waals surface area contributed by atoms with E-state index >= 15 is 0 Å². The largest absolute Gasteiger partial charge is 0.345 e. The summed E-state index contributed by atoms with van der Waals surface area (Å²) in [5.74, 6) is 0.642. The van der Waals surface area contributed by atoms with Crippen LogP contribution in [-0.4, -0.2) is 6.54 Å². The van der Waals surface area contributed by atoms with E-state index < -0.39 is 0 Å². The Bertz CT molecular complexity index is 699. The Kier molecular flexibility index (Phi) is 5.40. The van der Waals surface area contributed by atoms with E-state index in [2.05, 4.69) is 80.3 Å². The molecule has 0 bridgehead atoms. The molecule has 0 saturated carbocycles. The second-order valence-corrected chi connectivity index (χ2v) is 6.80. The highest BCUT2D eigenvalue weighted by Gasteiger charge is 2.18. The molecule has 0 spiro atoms. The monoisotopic (exact) mass is 319 g/mol. The predicted octanol–water partition coefficient (Wildman–Crippen LogP) is 6.40. The van der Waals surface area contributed by atoms with Gasteiger partial charge < -0.3 is 4.90 Å². The molecule has 0 fully saturated rings. The molecule has 0 radical (unpaired) electrons. The molecule has 1 nitrogen and oxygen atoms in total. The second-order valence-electron chi connectivity index (χ2n) is 6.80. The fourth-order valence-electron chi connectivity index (χ4n) is 3.74. The SMILES string of the molecule is CC/C1=C/c2cccc(C(C)CC)c2CCCN1c1ccccc1. The summed E-state index contributed by atoms with van der Waals surface area (Å²) >= 11 is 0. The van der Waals surface area contributed by atoms with Crippen LogP contribution >= 0.6 is 0 Å². The van der Waals surface area contributed by atoms with Crippen molar-refractivity contribution in [3.05, 3.63) is 70.9 Å². The third kappa shape index (κ3) is 3.40. The first-order chi connectivity index (χ1) is 11.7. The molecule has 0 aromatic heterocycles. The van der Waals surface area contributed by atoms with Crippen molar-refractivity contribution >= 4 is 11.8 Å². The molecule has 3 rings (SSSR count). The van der Waals surface area contributed by atoms with Crippen LogP contribution in [0.5, 0.6) is 0 Å². The number of nitrogens with zero attached hydrogens (tertiary/aromatic N) is 1. The van der Waals surface area contributed by atoms with Crippen LogP contribution in [0, 0.1) is 0 Å². The van der Waals surface area contributed by atoms with Gasteiger partial charge in [0.15, 0.2) is 0 Å². The molecule has 1 aliphatic heterocycles. The van der Waals surface area contributed by atoms with E-state index in [1.54, 1.807) is 11.1 Å². The Morgan fingerprint density at radius 1 is 1.00 bits per heavy atom. The first kappa shape index (κ1) is 16.8. The molecule has 1 heterocycles. The van der Waals surface area contributed by atoms with E-state index in [-0.39, 0.29) is 0 Å². The Labute approximate surface area is 147 Å². The van der Waals surface area contributed by atoms with Gasteiger partial charge in [0.1, 0.15) is 0 Å². The van der Waals surface area contributed by atoms with Crippen LogP contribution in [0.15, 0.2) is 54.2 Å². The van der Waals surface area contributed by atoms with Crippen molar-refractivity contribution < 1.29 is 0 Å². The van der Waals surface area contributed by atoms with Crippen LogP contribution < -0.4 is 4.90 Å². The molecule has 1 heteroatoms. The summed E-state index contributed by atoms with van der Waals surface area (Å²) in [5.41, 5.74) is 7.28. The topological polar surface area (TPSA) is 3.24 Å². The minimum atomic E-state index is 0.642. The van der Waals surface area contributed by atoms with Gasteiger partial charge in [0.2, 0.25) is 0 Å². The van der Waals surface area contributed by atoms with Crippen molar-refractivity contribution in [2.45, 2.75) is 52.4 Å². The Morgan fingerprint density at radius 2 is 1.79 bits per heavy atom. The second kappa shape index (κ2) is 7.70. The third-order valence-corrected chi connectivity index (χ3v) is 5.30. The Hall–Kier alpha value is -2.02. The maximum absolute atomic E-state index is 2.50. The molecule has 1 aliphatic rings. The van der Waals surface area contributed by atoms with Crippen molar-refractivity contribution in [3.8, 4) is 0 Å². The van der Waals surface area contributed by atoms with Gasteiger partial charge in [0.25, 0.3) is 0 Å². The predicted molar refractivity (Wildman–Crippen MR) is 106 cm³/mol. The number of allylic oxidation sites excluding steroid dienone is 1. The quantitative estimate of drug-likeness (QED) is 0.630. The first-order valence-electron chi connectivity index (χ1n) is 9.39. The molecule has 24 heavy (non-hydrogen) atoms. The van der Waals surface area contributed by atoms with Gasteiger partial charge in [-0.2, -0.15) is 0 Å². The van der Waals surface area contributed by atoms with E-state index in [0.717, 1.165) is 13.0 Å². The summed E-state index contributed by atoms with van der Waals surface area (Å²) in [6, 6.07) is 17.7. The van der Waals surface area contributed by atoms with Crippen molar-refractivity contribution in [2.75, 3.05) is 11.4 Å². The molecule has 0 N–H and O–H groups in total. The fourth-order valence-corrected chi connectivity index (χ4v) is 3.74. The van der Waals surface area contributed by atoms with Crippen LogP contribution in [0.2, 0.25) is 0 Å². The zero-order valence-corrected chi connectivity index (χ0v) is 15.3. The van der Waals surface area contributed by atoms with E-state index in [9.17, 15) is 0 Å². The zero-order chi connectivity index (χ0) is 16.9. The normalized spacial score (nSPS) is 18.1. The minimum absolute atomic E-state index is 0.642. The summed E-state index contributed by atoms with van der Waals surface area (Å²) in [5, 5.41) is 0. The van der Waals surface area contributed by atoms with Crippen molar-refractivity contribution in [1.29, 1.82) is 0 Å². The number of rotatable bonds is 4. The van der Waals surface area contributed by atoms with Crippen LogP contribution in [-0.2, 0) is 6.42 Å². The minimum Gasteiger partial charge on any atom is -0.345 e. The molecule has 2 aromatic carbocycles. The van der Waals surface area contributed by atoms with E-state index in [1.807, 2.05) is 0 Å². The number of anilines is 1. The lowest BCUT2D eigenvalue weighted by Crippen LogP contribution is -2.25. The molecule has 1 atom stereocenters. The number of hydrogen-bond acceptors (Lipinski definition) is 1. The standard InChI is InChI=1S/C23H29N/c1-4-18(3)22-14-9-11-19-17-20(5-2)24(16-10-15-23(19)22)21-12-7-6-8-13-21/h6-9,11-14,17-18H,4-5,10,15-16H2,1-3H3/b20-17-. The number of fused-ring (bicyclic) bond motifs is 1. The third-order valence-electron chi connectivity index (χ3n) is 5.30. The highest BCUT2D eigenvalue weighted by Crippen LogP contribution is 2.32. The smallest absolute Gasteiger partial charge is 0.0408 e. The zero-order valence-electron chi connectivity index (χ0n) is 15.3. The van der Waals surface area contributed by atoms with Gasteiger partial charge in [0.05, 0.1) is 0 Å². The molecule has 0 saturated heterocycles. The van der Waals surface area contributed by atoms with Crippen LogP contribution in [0.3, 0.4) is 0 Å². The maximum atomic E-state index is 2.50. The van der Waals surface area contributed by atoms with Gasteiger partial charge in [-0.3, -0.25) is 0 Å². The lowest BCUT2D eigenvalue weighted by atomic mass is 9.87. The molecule has 0 amide bonds. The highest BCUT2D eigenvalue weighted by atomic mass is 15.1. The lowest BCUT2D eigenvalue weighted by Gasteiger charge is -2.30. The number of para-hydroxylation sites is 1. The highest BCUT2D eigenvalue weighted by molar-refractivity contribution is 5.65. The summed E-state index contributed by atoms with van der Waals surface area (Å²) < 4.78 is 0. The summed E-state index contributed by atoms with van der Waals surface area (Å²) in [7, 11) is 0. The summed E-state index contributed by atoms with van der Waals surface area (Å²) in [6.07, 6.45) is 7.06. The molecule has 126 valence electrons. The molecular weight excluding hydrogens is 290 g/mol. The lowest BCUT2D eigenvalue weighted by molar-refractivity contribution is 0.704. The Morgan fingerprint density at radius 3 is 2.50 bits per heavy atom. The first-order valence-corrected chi connectivity index (χ1v) is 9.39. The average molecular weight is 319 g/mol. The van der Waals surface area contributed by atoms with Gasteiger partial charge in [-0.1, -0.05) is 57.2 Å². The number of hydrogen-bond donors (Lipinski definition) is 0. The summed E-state index contributed by atoms with van der Waals surface area (Å²) in [4.78, 5) is 2.50.